The summed E-state index contributed by atoms with van der Waals surface area (Å²) in [5.41, 5.74) is 2.90. The van der Waals surface area contributed by atoms with E-state index in [9.17, 15) is 0 Å². The maximum Gasteiger partial charge on any atom is 0.146 e. The van der Waals surface area contributed by atoms with Gasteiger partial charge >= 0.3 is 0 Å². The molecule has 0 spiro atoms. The smallest absolute Gasteiger partial charge is 0.146 e. The molecule has 7 heteroatoms. The van der Waals surface area contributed by atoms with Crippen LogP contribution in [-0.4, -0.2) is 35.8 Å². The maximum atomic E-state index is 9.10. The first-order valence-electron chi connectivity index (χ1n) is 8.95. The molecule has 0 amide bonds. The molecule has 7 nitrogen and oxygen atoms in total. The normalized spacial score (nSPS) is 10.4. The quantitative estimate of drug-likeness (QED) is 0.524. The maximum absolute atomic E-state index is 9.10. The lowest BCUT2D eigenvalue weighted by molar-refractivity contribution is 0.282. The van der Waals surface area contributed by atoms with E-state index in [4.69, 9.17) is 14.6 Å². The van der Waals surface area contributed by atoms with Crippen molar-refractivity contribution in [2.24, 2.45) is 0 Å². The highest BCUT2D eigenvalue weighted by Crippen LogP contribution is 2.31. The van der Waals surface area contributed by atoms with Crippen LogP contribution in [0.3, 0.4) is 0 Å². The summed E-state index contributed by atoms with van der Waals surface area (Å²) in [5, 5.41) is 15.6. The minimum absolute atomic E-state index is 0.0637. The number of aliphatic hydroxyl groups excluding tert-OH is 1. The van der Waals surface area contributed by atoms with Crippen LogP contribution in [-0.2, 0) is 13.0 Å². The molecule has 0 radical (unpaired) electrons. The second-order valence-electron chi connectivity index (χ2n) is 6.13. The molecule has 0 unspecified atom stereocenters. The van der Waals surface area contributed by atoms with Gasteiger partial charge in [0.15, 0.2) is 0 Å². The first-order chi connectivity index (χ1) is 13.7. The second kappa shape index (κ2) is 9.57. The lowest BCUT2D eigenvalue weighted by Gasteiger charge is -2.13. The lowest BCUT2D eigenvalue weighted by Crippen LogP contribution is -2.07. The number of nitrogens with one attached hydrogen (secondary N) is 2. The number of rotatable bonds is 9. The molecular weight excluding hydrogens is 356 g/mol. The fourth-order valence-electron chi connectivity index (χ4n) is 2.71. The Bertz CT molecular complexity index is 900. The van der Waals surface area contributed by atoms with Gasteiger partial charge in [-0.2, -0.15) is 0 Å². The Morgan fingerprint density at radius 2 is 1.64 bits per heavy atom. The predicted molar refractivity (Wildman–Crippen MR) is 109 cm³/mol. The van der Waals surface area contributed by atoms with E-state index < -0.39 is 0 Å². The largest absolute Gasteiger partial charge is 0.497 e. The van der Waals surface area contributed by atoms with Crippen molar-refractivity contribution in [2.45, 2.75) is 13.0 Å². The summed E-state index contributed by atoms with van der Waals surface area (Å²) >= 11 is 0. The van der Waals surface area contributed by atoms with E-state index in [1.54, 1.807) is 14.2 Å². The van der Waals surface area contributed by atoms with Crippen LogP contribution in [0.1, 0.15) is 11.1 Å². The molecule has 0 bridgehead atoms. The van der Waals surface area contributed by atoms with Crippen molar-refractivity contribution in [1.29, 1.82) is 0 Å². The van der Waals surface area contributed by atoms with Crippen molar-refractivity contribution in [3.05, 3.63) is 66.0 Å². The van der Waals surface area contributed by atoms with Gasteiger partial charge in [-0.05, 0) is 29.7 Å². The summed E-state index contributed by atoms with van der Waals surface area (Å²) in [6.07, 6.45) is 2.36. The lowest BCUT2D eigenvalue weighted by atomic mass is 10.1. The molecule has 0 aliphatic carbocycles. The minimum atomic E-state index is 0.0637. The number of methoxy groups -OCH3 is 2. The standard InChI is InChI=1S/C21H24N4O3/c1-27-17-7-8-18(19(11-17)28-2)25-21-12-20(23-14-24-21)22-10-9-15-3-5-16(13-26)6-4-15/h3-8,11-12,14,26H,9-10,13H2,1-2H3,(H2,22,23,24,25). The topological polar surface area (TPSA) is 88.5 Å². The Kier molecular flexibility index (Phi) is 6.64. The molecule has 3 N–H and O–H groups in total. The van der Waals surface area contributed by atoms with E-state index in [2.05, 4.69) is 20.6 Å². The van der Waals surface area contributed by atoms with Gasteiger partial charge in [0.05, 0.1) is 26.5 Å². The van der Waals surface area contributed by atoms with Gasteiger partial charge in [0.25, 0.3) is 0 Å². The van der Waals surface area contributed by atoms with Crippen molar-refractivity contribution in [3.63, 3.8) is 0 Å². The van der Waals surface area contributed by atoms with Gasteiger partial charge < -0.3 is 25.2 Å². The third kappa shape index (κ3) is 5.11. The zero-order chi connectivity index (χ0) is 19.8. The van der Waals surface area contributed by atoms with Gasteiger partial charge in [0.1, 0.15) is 29.5 Å². The molecule has 28 heavy (non-hydrogen) atoms. The van der Waals surface area contributed by atoms with Crippen molar-refractivity contribution in [1.82, 2.24) is 9.97 Å². The van der Waals surface area contributed by atoms with Crippen molar-refractivity contribution < 1.29 is 14.6 Å². The van der Waals surface area contributed by atoms with E-state index in [0.29, 0.717) is 11.6 Å². The van der Waals surface area contributed by atoms with Crippen molar-refractivity contribution in [3.8, 4) is 11.5 Å². The Morgan fingerprint density at radius 3 is 2.36 bits per heavy atom. The van der Waals surface area contributed by atoms with Crippen LogP contribution in [0.4, 0.5) is 17.3 Å². The highest BCUT2D eigenvalue weighted by Gasteiger charge is 2.07. The van der Waals surface area contributed by atoms with E-state index in [-0.39, 0.29) is 6.61 Å². The molecule has 0 aliphatic heterocycles. The fourth-order valence-corrected chi connectivity index (χ4v) is 2.71. The molecule has 1 heterocycles. The number of hydrogen-bond donors (Lipinski definition) is 3. The molecule has 0 aliphatic rings. The van der Waals surface area contributed by atoms with Crippen LogP contribution in [0.15, 0.2) is 54.9 Å². The monoisotopic (exact) mass is 380 g/mol. The summed E-state index contributed by atoms with van der Waals surface area (Å²) in [7, 11) is 3.23. The van der Waals surface area contributed by atoms with E-state index in [1.807, 2.05) is 48.5 Å². The molecule has 2 aromatic carbocycles. The van der Waals surface area contributed by atoms with Gasteiger partial charge in [-0.15, -0.1) is 0 Å². The van der Waals surface area contributed by atoms with Crippen LogP contribution in [0.2, 0.25) is 0 Å². The third-order valence-electron chi connectivity index (χ3n) is 4.26. The molecular formula is C21H24N4O3. The number of aliphatic hydroxyl groups is 1. The summed E-state index contributed by atoms with van der Waals surface area (Å²) < 4.78 is 10.6. The van der Waals surface area contributed by atoms with Crippen LogP contribution in [0.25, 0.3) is 0 Å². The number of nitrogens with zero attached hydrogens (tertiary/aromatic N) is 2. The van der Waals surface area contributed by atoms with Crippen LogP contribution in [0, 0.1) is 0 Å². The molecule has 3 aromatic rings. The zero-order valence-electron chi connectivity index (χ0n) is 16.0. The number of hydrogen-bond acceptors (Lipinski definition) is 7. The summed E-state index contributed by atoms with van der Waals surface area (Å²) in [5.74, 6) is 2.78. The van der Waals surface area contributed by atoms with E-state index >= 15 is 0 Å². The Morgan fingerprint density at radius 1 is 0.893 bits per heavy atom. The Labute approximate surface area is 164 Å². The molecule has 0 saturated carbocycles. The Hall–Kier alpha value is -3.32. The second-order valence-corrected chi connectivity index (χ2v) is 6.13. The summed E-state index contributed by atoms with van der Waals surface area (Å²) in [6.45, 7) is 0.801. The van der Waals surface area contributed by atoms with Gasteiger partial charge in [0.2, 0.25) is 0 Å². The number of anilines is 3. The van der Waals surface area contributed by atoms with Gasteiger partial charge in [0, 0.05) is 18.7 Å². The molecule has 146 valence electrons. The zero-order valence-corrected chi connectivity index (χ0v) is 16.0. The SMILES string of the molecule is COc1ccc(Nc2cc(NCCc3ccc(CO)cc3)ncn2)c(OC)c1. The average Bonchev–Trinajstić information content (AvgIpc) is 2.75. The number of ether oxygens (including phenoxy) is 2. The first-order valence-corrected chi connectivity index (χ1v) is 8.95. The first kappa shape index (κ1) is 19.4. The van der Waals surface area contributed by atoms with Gasteiger partial charge in [-0.25, -0.2) is 9.97 Å². The van der Waals surface area contributed by atoms with Crippen molar-refractivity contribution >= 4 is 17.3 Å². The molecule has 3 rings (SSSR count). The third-order valence-corrected chi connectivity index (χ3v) is 4.26. The highest BCUT2D eigenvalue weighted by atomic mass is 16.5. The number of benzene rings is 2. The highest BCUT2D eigenvalue weighted by molar-refractivity contribution is 5.66. The number of aromatic nitrogens is 2. The summed E-state index contributed by atoms with van der Waals surface area (Å²) in [6, 6.07) is 15.3. The van der Waals surface area contributed by atoms with Crippen molar-refractivity contribution in [2.75, 3.05) is 31.4 Å². The van der Waals surface area contributed by atoms with Crippen LogP contribution < -0.4 is 20.1 Å². The molecule has 0 fully saturated rings. The van der Waals surface area contributed by atoms with E-state index in [0.717, 1.165) is 35.8 Å². The Balaban J connectivity index is 1.60. The average molecular weight is 380 g/mol. The molecule has 0 saturated heterocycles. The molecule has 1 aromatic heterocycles. The minimum Gasteiger partial charge on any atom is -0.497 e. The van der Waals surface area contributed by atoms with Gasteiger partial charge in [-0.1, -0.05) is 24.3 Å². The van der Waals surface area contributed by atoms with Crippen LogP contribution in [0.5, 0.6) is 11.5 Å². The van der Waals surface area contributed by atoms with Gasteiger partial charge in [-0.3, -0.25) is 0 Å². The summed E-state index contributed by atoms with van der Waals surface area (Å²) in [4.78, 5) is 8.53. The van der Waals surface area contributed by atoms with Crippen LogP contribution >= 0.6 is 0 Å². The fraction of sp³-hybridized carbons (Fsp3) is 0.238. The predicted octanol–water partition coefficient (Wildman–Crippen LogP) is 3.38. The van der Waals surface area contributed by atoms with E-state index in [1.165, 1.54) is 11.9 Å². The molecule has 0 atom stereocenters.